The van der Waals surface area contributed by atoms with E-state index in [-0.39, 0.29) is 5.60 Å². The molecule has 0 radical (unpaired) electrons. The first kappa shape index (κ1) is 12.0. The molecule has 1 aromatic rings. The van der Waals surface area contributed by atoms with E-state index in [1.165, 1.54) is 0 Å². The second kappa shape index (κ2) is 5.12. The Morgan fingerprint density at radius 1 is 1.40 bits per heavy atom. The van der Waals surface area contributed by atoms with Crippen molar-refractivity contribution >= 4 is 0 Å². The van der Waals surface area contributed by atoms with Crippen molar-refractivity contribution in [2.75, 3.05) is 13.7 Å². The van der Waals surface area contributed by atoms with Crippen LogP contribution in [-0.4, -0.2) is 24.3 Å². The zero-order valence-corrected chi connectivity index (χ0v) is 9.91. The van der Waals surface area contributed by atoms with Crippen LogP contribution in [0.15, 0.2) is 18.3 Å². The summed E-state index contributed by atoms with van der Waals surface area (Å²) in [4.78, 5) is 4.12. The normalized spacial score (nSPS) is 11.5. The van der Waals surface area contributed by atoms with E-state index in [0.29, 0.717) is 12.5 Å². The smallest absolute Gasteiger partial charge is 0.213 e. The molecule has 0 spiro atoms. The first-order chi connectivity index (χ1) is 7.03. The lowest BCUT2D eigenvalue weighted by atomic mass is 10.1. The molecule has 0 unspecified atom stereocenters. The SMILES string of the molecule is COC(C)(C)CCOc1cc(C)ccn1. The number of hydrogen-bond acceptors (Lipinski definition) is 3. The minimum absolute atomic E-state index is 0.135. The zero-order valence-electron chi connectivity index (χ0n) is 9.91. The van der Waals surface area contributed by atoms with E-state index in [0.717, 1.165) is 12.0 Å². The number of hydrogen-bond donors (Lipinski definition) is 0. The van der Waals surface area contributed by atoms with Gasteiger partial charge in [-0.1, -0.05) is 0 Å². The molecule has 0 saturated heterocycles. The van der Waals surface area contributed by atoms with Gasteiger partial charge < -0.3 is 9.47 Å². The van der Waals surface area contributed by atoms with E-state index >= 15 is 0 Å². The summed E-state index contributed by atoms with van der Waals surface area (Å²) < 4.78 is 10.8. The number of aromatic nitrogens is 1. The lowest BCUT2D eigenvalue weighted by molar-refractivity contribution is 0.00508. The molecule has 1 aromatic heterocycles. The van der Waals surface area contributed by atoms with Gasteiger partial charge in [-0.3, -0.25) is 0 Å². The third kappa shape index (κ3) is 4.30. The third-order valence-corrected chi connectivity index (χ3v) is 2.40. The van der Waals surface area contributed by atoms with Crippen molar-refractivity contribution in [1.82, 2.24) is 4.98 Å². The zero-order chi connectivity index (χ0) is 11.3. The van der Waals surface area contributed by atoms with Gasteiger partial charge in [-0.25, -0.2) is 4.98 Å². The van der Waals surface area contributed by atoms with Crippen molar-refractivity contribution in [3.05, 3.63) is 23.9 Å². The number of rotatable bonds is 5. The highest BCUT2D eigenvalue weighted by Gasteiger charge is 2.15. The summed E-state index contributed by atoms with van der Waals surface area (Å²) in [6.07, 6.45) is 2.60. The Kier molecular flexibility index (Phi) is 4.09. The van der Waals surface area contributed by atoms with Crippen molar-refractivity contribution in [3.8, 4) is 5.88 Å². The van der Waals surface area contributed by atoms with Gasteiger partial charge in [-0.05, 0) is 32.4 Å². The van der Waals surface area contributed by atoms with Crippen molar-refractivity contribution < 1.29 is 9.47 Å². The maximum Gasteiger partial charge on any atom is 0.213 e. The first-order valence-corrected chi connectivity index (χ1v) is 5.14. The molecule has 0 amide bonds. The van der Waals surface area contributed by atoms with Gasteiger partial charge >= 0.3 is 0 Å². The van der Waals surface area contributed by atoms with Gasteiger partial charge in [0.2, 0.25) is 5.88 Å². The van der Waals surface area contributed by atoms with Crippen LogP contribution < -0.4 is 4.74 Å². The summed E-state index contributed by atoms with van der Waals surface area (Å²) in [5.74, 6) is 0.682. The van der Waals surface area contributed by atoms with Crippen LogP contribution in [0.4, 0.5) is 0 Å². The maximum atomic E-state index is 5.53. The molecule has 0 aliphatic carbocycles. The van der Waals surface area contributed by atoms with E-state index < -0.39 is 0 Å². The Balaban J connectivity index is 2.38. The second-order valence-electron chi connectivity index (χ2n) is 4.23. The molecule has 0 fully saturated rings. The predicted molar refractivity (Wildman–Crippen MR) is 60.2 cm³/mol. The quantitative estimate of drug-likeness (QED) is 0.747. The molecule has 0 aliphatic rings. The summed E-state index contributed by atoms with van der Waals surface area (Å²) in [7, 11) is 1.71. The van der Waals surface area contributed by atoms with E-state index in [1.54, 1.807) is 13.3 Å². The lowest BCUT2D eigenvalue weighted by Crippen LogP contribution is -2.25. The van der Waals surface area contributed by atoms with Crippen LogP contribution in [0.3, 0.4) is 0 Å². The largest absolute Gasteiger partial charge is 0.478 e. The summed E-state index contributed by atoms with van der Waals surface area (Å²) >= 11 is 0. The second-order valence-corrected chi connectivity index (χ2v) is 4.23. The molecule has 0 N–H and O–H groups in total. The summed E-state index contributed by atoms with van der Waals surface area (Å²) in [6, 6.07) is 3.88. The first-order valence-electron chi connectivity index (χ1n) is 5.14. The minimum Gasteiger partial charge on any atom is -0.478 e. The van der Waals surface area contributed by atoms with Crippen molar-refractivity contribution in [3.63, 3.8) is 0 Å². The lowest BCUT2D eigenvalue weighted by Gasteiger charge is -2.22. The summed E-state index contributed by atoms with van der Waals surface area (Å²) in [5, 5.41) is 0. The number of ether oxygens (including phenoxy) is 2. The standard InChI is InChI=1S/C12H19NO2/c1-10-5-7-13-11(9-10)15-8-6-12(2,3)14-4/h5,7,9H,6,8H2,1-4H3. The molecule has 0 saturated carbocycles. The van der Waals surface area contributed by atoms with E-state index in [1.807, 2.05) is 32.9 Å². The monoisotopic (exact) mass is 209 g/mol. The summed E-state index contributed by atoms with van der Waals surface area (Å²) in [6.45, 7) is 6.73. The highest BCUT2D eigenvalue weighted by Crippen LogP contribution is 2.14. The highest BCUT2D eigenvalue weighted by atomic mass is 16.5. The topological polar surface area (TPSA) is 31.4 Å². The molecule has 15 heavy (non-hydrogen) atoms. The molecular weight excluding hydrogens is 190 g/mol. The molecule has 0 aromatic carbocycles. The number of methoxy groups -OCH3 is 1. The number of pyridine rings is 1. The Labute approximate surface area is 91.4 Å². The average Bonchev–Trinajstić information content (AvgIpc) is 2.18. The average molecular weight is 209 g/mol. The minimum atomic E-state index is -0.135. The maximum absolute atomic E-state index is 5.53. The Morgan fingerprint density at radius 3 is 2.73 bits per heavy atom. The van der Waals surface area contributed by atoms with Crippen LogP contribution in [0, 0.1) is 6.92 Å². The Hall–Kier alpha value is -1.09. The number of nitrogens with zero attached hydrogens (tertiary/aromatic N) is 1. The van der Waals surface area contributed by atoms with Crippen LogP contribution in [0.1, 0.15) is 25.8 Å². The fourth-order valence-electron chi connectivity index (χ4n) is 1.09. The molecule has 3 nitrogen and oxygen atoms in total. The fourth-order valence-corrected chi connectivity index (χ4v) is 1.09. The van der Waals surface area contributed by atoms with E-state index in [2.05, 4.69) is 4.98 Å². The van der Waals surface area contributed by atoms with Gasteiger partial charge in [0.1, 0.15) is 0 Å². The van der Waals surface area contributed by atoms with Crippen LogP contribution in [0.2, 0.25) is 0 Å². The molecule has 0 atom stereocenters. The van der Waals surface area contributed by atoms with Crippen molar-refractivity contribution in [1.29, 1.82) is 0 Å². The molecule has 1 heterocycles. The Morgan fingerprint density at radius 2 is 2.13 bits per heavy atom. The van der Waals surface area contributed by atoms with Crippen LogP contribution >= 0.6 is 0 Å². The predicted octanol–water partition coefficient (Wildman–Crippen LogP) is 2.58. The van der Waals surface area contributed by atoms with Crippen molar-refractivity contribution in [2.45, 2.75) is 32.8 Å². The van der Waals surface area contributed by atoms with Gasteiger partial charge in [-0.15, -0.1) is 0 Å². The Bertz CT molecular complexity index is 310. The molecular formula is C12H19NO2. The van der Waals surface area contributed by atoms with Crippen LogP contribution in [0.25, 0.3) is 0 Å². The van der Waals surface area contributed by atoms with Crippen LogP contribution in [-0.2, 0) is 4.74 Å². The van der Waals surface area contributed by atoms with E-state index in [9.17, 15) is 0 Å². The van der Waals surface area contributed by atoms with Crippen molar-refractivity contribution in [2.24, 2.45) is 0 Å². The van der Waals surface area contributed by atoms with Gasteiger partial charge in [0.25, 0.3) is 0 Å². The van der Waals surface area contributed by atoms with Gasteiger partial charge in [0, 0.05) is 25.8 Å². The molecule has 0 bridgehead atoms. The molecule has 3 heteroatoms. The summed E-state index contributed by atoms with van der Waals surface area (Å²) in [5.41, 5.74) is 1.02. The third-order valence-electron chi connectivity index (χ3n) is 2.40. The van der Waals surface area contributed by atoms with Gasteiger partial charge in [0.15, 0.2) is 0 Å². The van der Waals surface area contributed by atoms with E-state index in [4.69, 9.17) is 9.47 Å². The fraction of sp³-hybridized carbons (Fsp3) is 0.583. The number of aryl methyl sites for hydroxylation is 1. The molecule has 1 rings (SSSR count). The molecule has 0 aliphatic heterocycles. The highest BCUT2D eigenvalue weighted by molar-refractivity contribution is 5.18. The van der Waals surface area contributed by atoms with Gasteiger partial charge in [0.05, 0.1) is 12.2 Å². The molecule has 84 valence electrons. The van der Waals surface area contributed by atoms with Gasteiger partial charge in [-0.2, -0.15) is 0 Å². The van der Waals surface area contributed by atoms with Crippen LogP contribution in [0.5, 0.6) is 5.88 Å².